The Morgan fingerprint density at radius 2 is 1.64 bits per heavy atom. The van der Waals surface area contributed by atoms with Gasteiger partial charge in [-0.1, -0.05) is 6.07 Å². The zero-order valence-electron chi connectivity index (χ0n) is 18.0. The summed E-state index contributed by atoms with van der Waals surface area (Å²) in [6.07, 6.45) is -7.42. The molecule has 0 aromatic heterocycles. The lowest BCUT2D eigenvalue weighted by Crippen LogP contribution is -2.60. The van der Waals surface area contributed by atoms with Crippen LogP contribution in [0.25, 0.3) is 0 Å². The van der Waals surface area contributed by atoms with Crippen molar-refractivity contribution < 1.29 is 54.0 Å². The average Bonchev–Trinajstić information content (AvgIpc) is 2.83. The average molecular weight is 466 g/mol. The number of methoxy groups -OCH3 is 2. The second kappa shape index (κ2) is 10.7. The third-order valence-electron chi connectivity index (χ3n) is 5.13. The molecule has 0 saturated carbocycles. The molecule has 11 heteroatoms. The van der Waals surface area contributed by atoms with Crippen molar-refractivity contribution in [3.8, 4) is 23.0 Å². The Balaban J connectivity index is 1.79. The summed E-state index contributed by atoms with van der Waals surface area (Å²) in [5.41, 5.74) is 0.285. The van der Waals surface area contributed by atoms with Gasteiger partial charge in [-0.2, -0.15) is 0 Å². The van der Waals surface area contributed by atoms with Crippen LogP contribution in [0.15, 0.2) is 36.4 Å². The van der Waals surface area contributed by atoms with Crippen molar-refractivity contribution in [3.05, 3.63) is 47.5 Å². The van der Waals surface area contributed by atoms with Crippen LogP contribution in [-0.2, 0) is 16.1 Å². The highest BCUT2D eigenvalue weighted by molar-refractivity contribution is 5.95. The van der Waals surface area contributed by atoms with Gasteiger partial charge in [-0.15, -0.1) is 0 Å². The minimum atomic E-state index is -1.63. The quantitative estimate of drug-likeness (QED) is 0.331. The number of hydrogen-bond donors (Lipinski definition) is 5. The highest BCUT2D eigenvalue weighted by Gasteiger charge is 2.44. The molecule has 1 fully saturated rings. The van der Waals surface area contributed by atoms with Gasteiger partial charge < -0.3 is 49.2 Å². The van der Waals surface area contributed by atoms with Crippen molar-refractivity contribution >= 4 is 5.97 Å². The number of aliphatic hydroxyl groups is 4. The first kappa shape index (κ1) is 24.6. The van der Waals surface area contributed by atoms with E-state index < -0.39 is 43.3 Å². The molecule has 0 aliphatic carbocycles. The minimum absolute atomic E-state index is 0.0666. The van der Waals surface area contributed by atoms with E-state index in [1.54, 1.807) is 18.2 Å². The molecule has 0 bridgehead atoms. The lowest BCUT2D eigenvalue weighted by molar-refractivity contribution is -0.277. The summed E-state index contributed by atoms with van der Waals surface area (Å²) in [4.78, 5) is 12.7. The van der Waals surface area contributed by atoms with Crippen molar-refractivity contribution in [2.75, 3.05) is 20.8 Å². The summed E-state index contributed by atoms with van der Waals surface area (Å²) < 4.78 is 26.7. The third kappa shape index (κ3) is 5.29. The number of aromatic hydroxyl groups is 1. The maximum atomic E-state index is 12.7. The van der Waals surface area contributed by atoms with Gasteiger partial charge >= 0.3 is 5.97 Å². The molecule has 2 aromatic carbocycles. The first-order valence-electron chi connectivity index (χ1n) is 9.97. The van der Waals surface area contributed by atoms with Crippen molar-refractivity contribution in [3.63, 3.8) is 0 Å². The fraction of sp³-hybridized carbons (Fsp3) is 0.409. The molecule has 1 aliphatic heterocycles. The van der Waals surface area contributed by atoms with E-state index in [-0.39, 0.29) is 40.7 Å². The Hall–Kier alpha value is -3.09. The third-order valence-corrected chi connectivity index (χ3v) is 5.13. The van der Waals surface area contributed by atoms with E-state index in [0.717, 1.165) is 0 Å². The molecule has 0 unspecified atom stereocenters. The van der Waals surface area contributed by atoms with Crippen molar-refractivity contribution in [2.24, 2.45) is 0 Å². The standard InChI is InChI=1S/C22H26O11/c1-29-14-4-3-5-15(30-2)17(14)21(28)31-10-11-8-12(24)6-7-13(11)32-22-20(27)19(26)18(25)16(9-23)33-22/h3-8,16,18-20,22-27H,9-10H2,1-2H3/t16-,18-,19+,20-,22-/m0/s1. The van der Waals surface area contributed by atoms with E-state index >= 15 is 0 Å². The van der Waals surface area contributed by atoms with Crippen LogP contribution < -0.4 is 14.2 Å². The molecular weight excluding hydrogens is 440 g/mol. The molecule has 33 heavy (non-hydrogen) atoms. The number of phenols is 1. The monoisotopic (exact) mass is 466 g/mol. The summed E-state index contributed by atoms with van der Waals surface area (Å²) in [7, 11) is 2.79. The second-order valence-electron chi connectivity index (χ2n) is 7.22. The highest BCUT2D eigenvalue weighted by atomic mass is 16.7. The first-order chi connectivity index (χ1) is 15.8. The fourth-order valence-corrected chi connectivity index (χ4v) is 3.35. The summed E-state index contributed by atoms with van der Waals surface area (Å²) in [5, 5.41) is 49.3. The lowest BCUT2D eigenvalue weighted by atomic mass is 9.99. The van der Waals surface area contributed by atoms with Crippen LogP contribution in [0.5, 0.6) is 23.0 Å². The molecule has 0 radical (unpaired) electrons. The Morgan fingerprint density at radius 1 is 0.970 bits per heavy atom. The van der Waals surface area contributed by atoms with Gasteiger partial charge in [0.2, 0.25) is 6.29 Å². The lowest BCUT2D eigenvalue weighted by Gasteiger charge is -2.39. The number of aliphatic hydroxyl groups excluding tert-OH is 4. The zero-order valence-corrected chi connectivity index (χ0v) is 18.0. The van der Waals surface area contributed by atoms with Gasteiger partial charge in [-0.05, 0) is 30.3 Å². The molecule has 5 atom stereocenters. The molecule has 180 valence electrons. The van der Waals surface area contributed by atoms with Gasteiger partial charge in [0.15, 0.2) is 0 Å². The van der Waals surface area contributed by atoms with Gasteiger partial charge in [0.05, 0.1) is 20.8 Å². The van der Waals surface area contributed by atoms with Crippen molar-refractivity contribution in [2.45, 2.75) is 37.3 Å². The van der Waals surface area contributed by atoms with Crippen LogP contribution in [0.4, 0.5) is 0 Å². The Bertz CT molecular complexity index is 939. The SMILES string of the molecule is COc1cccc(OC)c1C(=O)OCc1cc(O)ccc1O[C@H]1O[C@@H](CO)[C@H](O)[C@@H](O)[C@@H]1O. The second-order valence-corrected chi connectivity index (χ2v) is 7.22. The highest BCUT2D eigenvalue weighted by Crippen LogP contribution is 2.32. The number of hydrogen-bond acceptors (Lipinski definition) is 11. The van der Waals surface area contributed by atoms with E-state index in [1.807, 2.05) is 0 Å². The van der Waals surface area contributed by atoms with Gasteiger partial charge in [0.25, 0.3) is 0 Å². The van der Waals surface area contributed by atoms with Gasteiger partial charge in [-0.25, -0.2) is 4.79 Å². The number of carbonyl (C=O) groups is 1. The summed E-state index contributed by atoms with van der Waals surface area (Å²) in [6.45, 7) is -0.965. The molecule has 1 heterocycles. The Morgan fingerprint density at radius 3 is 2.24 bits per heavy atom. The fourth-order valence-electron chi connectivity index (χ4n) is 3.35. The molecule has 3 rings (SSSR count). The van der Waals surface area contributed by atoms with E-state index in [9.17, 15) is 30.3 Å². The topological polar surface area (TPSA) is 164 Å². The van der Waals surface area contributed by atoms with Crippen LogP contribution in [0, 0.1) is 0 Å². The molecule has 1 aliphatic rings. The zero-order chi connectivity index (χ0) is 24.1. The predicted molar refractivity (Wildman–Crippen MR) is 111 cm³/mol. The minimum Gasteiger partial charge on any atom is -0.508 e. The number of esters is 1. The van der Waals surface area contributed by atoms with Gasteiger partial charge in [0.1, 0.15) is 59.6 Å². The van der Waals surface area contributed by atoms with Crippen molar-refractivity contribution in [1.29, 1.82) is 0 Å². The number of rotatable bonds is 8. The van der Waals surface area contributed by atoms with E-state index in [4.69, 9.17) is 23.7 Å². The van der Waals surface area contributed by atoms with Crippen molar-refractivity contribution in [1.82, 2.24) is 0 Å². The van der Waals surface area contributed by atoms with Crippen LogP contribution in [0.2, 0.25) is 0 Å². The number of benzene rings is 2. The normalized spacial score (nSPS) is 24.7. The number of ether oxygens (including phenoxy) is 5. The van der Waals surface area contributed by atoms with E-state index in [1.165, 1.54) is 32.4 Å². The first-order valence-corrected chi connectivity index (χ1v) is 9.97. The Kier molecular flexibility index (Phi) is 7.95. The van der Waals surface area contributed by atoms with Crippen LogP contribution in [0.1, 0.15) is 15.9 Å². The van der Waals surface area contributed by atoms with Gasteiger partial charge in [-0.3, -0.25) is 0 Å². The van der Waals surface area contributed by atoms with E-state index in [2.05, 4.69) is 0 Å². The number of carbonyl (C=O) groups excluding carboxylic acids is 1. The molecule has 5 N–H and O–H groups in total. The molecule has 0 amide bonds. The largest absolute Gasteiger partial charge is 0.508 e. The summed E-state index contributed by atoms with van der Waals surface area (Å²) >= 11 is 0. The smallest absolute Gasteiger partial charge is 0.346 e. The van der Waals surface area contributed by atoms with Crippen LogP contribution in [0.3, 0.4) is 0 Å². The summed E-state index contributed by atoms with van der Waals surface area (Å²) in [6, 6.07) is 8.72. The maximum absolute atomic E-state index is 12.7. The predicted octanol–water partition coefficient (Wildman–Crippen LogP) is -0.0549. The van der Waals surface area contributed by atoms with Gasteiger partial charge in [0, 0.05) is 5.56 Å². The van der Waals surface area contributed by atoms with E-state index in [0.29, 0.717) is 0 Å². The molecular formula is C22H26O11. The molecule has 0 spiro atoms. The number of phenolic OH excluding ortho intramolecular Hbond substituents is 1. The Labute approximate surface area is 189 Å². The summed E-state index contributed by atoms with van der Waals surface area (Å²) in [5.74, 6) is -0.346. The molecule has 11 nitrogen and oxygen atoms in total. The van der Waals surface area contributed by atoms with Crippen LogP contribution in [-0.4, -0.2) is 83.0 Å². The maximum Gasteiger partial charge on any atom is 0.346 e. The van der Waals surface area contributed by atoms with Crippen LogP contribution >= 0.6 is 0 Å². The molecule has 2 aromatic rings. The molecule has 1 saturated heterocycles.